The van der Waals surface area contributed by atoms with Gasteiger partial charge in [-0.1, -0.05) is 44.5 Å². The van der Waals surface area contributed by atoms with Crippen LogP contribution in [0.15, 0.2) is 42.7 Å². The molecule has 4 rings (SSSR count). The van der Waals surface area contributed by atoms with Gasteiger partial charge in [-0.15, -0.1) is 0 Å². The van der Waals surface area contributed by atoms with Crippen molar-refractivity contribution in [2.45, 2.75) is 46.1 Å². The molecule has 1 aliphatic rings. The molecule has 0 spiro atoms. The molecule has 0 saturated carbocycles. The van der Waals surface area contributed by atoms with Crippen LogP contribution in [0.4, 0.5) is 5.69 Å². The summed E-state index contributed by atoms with van der Waals surface area (Å²) in [6, 6.07) is 11.3. The molecule has 3 aromatic rings. The third-order valence-corrected chi connectivity index (χ3v) is 5.53. The fourth-order valence-corrected chi connectivity index (χ4v) is 3.85. The van der Waals surface area contributed by atoms with Gasteiger partial charge in [-0.05, 0) is 43.2 Å². The third kappa shape index (κ3) is 3.67. The van der Waals surface area contributed by atoms with Crippen molar-refractivity contribution < 1.29 is 9.53 Å². The highest BCUT2D eigenvalue weighted by Gasteiger charge is 2.30. The first-order valence-electron chi connectivity index (χ1n) is 10.2. The molecule has 0 N–H and O–H groups in total. The number of carbonyl (C=O) groups excluding carboxylic acids is 1. The SMILES string of the molecule is CCc1ccc(-n2cnc(C(C)C)n2)cc1C(=O)N1C[C@H](C)Oc2c(Cl)cccc21. The highest BCUT2D eigenvalue weighted by atomic mass is 35.5. The molecular formula is C23H25ClN4O2. The largest absolute Gasteiger partial charge is 0.485 e. The number of anilines is 1. The number of fused-ring (bicyclic) bond motifs is 1. The van der Waals surface area contributed by atoms with Crippen molar-refractivity contribution >= 4 is 23.2 Å². The molecule has 0 aliphatic carbocycles. The zero-order valence-electron chi connectivity index (χ0n) is 17.6. The predicted octanol–water partition coefficient (Wildman–Crippen LogP) is 5.03. The lowest BCUT2D eigenvalue weighted by atomic mass is 10.0. The summed E-state index contributed by atoms with van der Waals surface area (Å²) in [6.07, 6.45) is 2.29. The molecule has 7 heteroatoms. The quantitative estimate of drug-likeness (QED) is 0.589. The Morgan fingerprint density at radius 1 is 1.30 bits per heavy atom. The lowest BCUT2D eigenvalue weighted by Crippen LogP contribution is -2.42. The standard InChI is InChI=1S/C23H25ClN4O2/c1-5-16-9-10-17(28-13-25-22(26-28)14(2)3)11-18(16)23(29)27-12-15(4)30-21-19(24)7-6-8-20(21)27/h6-11,13-15H,5,12H2,1-4H3/t15-/m0/s1. The van der Waals surface area contributed by atoms with Crippen LogP contribution >= 0.6 is 11.6 Å². The zero-order chi connectivity index (χ0) is 21.4. The number of carbonyl (C=O) groups is 1. The zero-order valence-corrected chi connectivity index (χ0v) is 18.3. The summed E-state index contributed by atoms with van der Waals surface area (Å²) in [6.45, 7) is 8.55. The van der Waals surface area contributed by atoms with E-state index in [0.717, 1.165) is 23.5 Å². The monoisotopic (exact) mass is 424 g/mol. The number of hydrogen-bond donors (Lipinski definition) is 0. The van der Waals surface area contributed by atoms with Crippen LogP contribution in [0.3, 0.4) is 0 Å². The Labute approximate surface area is 181 Å². The van der Waals surface area contributed by atoms with E-state index in [1.54, 1.807) is 22.0 Å². The number of hydrogen-bond acceptors (Lipinski definition) is 4. The van der Waals surface area contributed by atoms with Gasteiger partial charge < -0.3 is 9.64 Å². The molecule has 1 aromatic heterocycles. The van der Waals surface area contributed by atoms with Crippen LogP contribution in [-0.2, 0) is 6.42 Å². The van der Waals surface area contributed by atoms with Gasteiger partial charge in [0.15, 0.2) is 11.6 Å². The molecule has 0 saturated heterocycles. The molecule has 156 valence electrons. The second-order valence-corrected chi connectivity index (χ2v) is 8.24. The Morgan fingerprint density at radius 3 is 2.80 bits per heavy atom. The smallest absolute Gasteiger partial charge is 0.258 e. The van der Waals surface area contributed by atoms with Crippen molar-refractivity contribution in [2.75, 3.05) is 11.4 Å². The van der Waals surface area contributed by atoms with E-state index in [4.69, 9.17) is 16.3 Å². The molecule has 30 heavy (non-hydrogen) atoms. The summed E-state index contributed by atoms with van der Waals surface area (Å²) in [5, 5.41) is 5.06. The lowest BCUT2D eigenvalue weighted by molar-refractivity contribution is 0.0960. The maximum Gasteiger partial charge on any atom is 0.258 e. The van der Waals surface area contributed by atoms with Crippen LogP contribution in [0.1, 0.15) is 55.4 Å². The van der Waals surface area contributed by atoms with Gasteiger partial charge in [0, 0.05) is 11.5 Å². The highest BCUT2D eigenvalue weighted by Crippen LogP contribution is 2.40. The van der Waals surface area contributed by atoms with E-state index in [-0.39, 0.29) is 17.9 Å². The van der Waals surface area contributed by atoms with Crippen LogP contribution in [0.25, 0.3) is 5.69 Å². The number of aryl methyl sites for hydroxylation is 1. The van der Waals surface area contributed by atoms with Gasteiger partial charge in [0.05, 0.1) is 22.9 Å². The minimum absolute atomic E-state index is 0.0726. The minimum Gasteiger partial charge on any atom is -0.485 e. The first kappa shape index (κ1) is 20.4. The van der Waals surface area contributed by atoms with E-state index in [0.29, 0.717) is 28.6 Å². The molecule has 2 aromatic carbocycles. The molecule has 1 atom stereocenters. The summed E-state index contributed by atoms with van der Waals surface area (Å²) < 4.78 is 7.63. The fourth-order valence-electron chi connectivity index (χ4n) is 3.64. The van der Waals surface area contributed by atoms with Crippen molar-refractivity contribution in [3.8, 4) is 11.4 Å². The van der Waals surface area contributed by atoms with Gasteiger partial charge in [0.2, 0.25) is 0 Å². The molecule has 0 bridgehead atoms. The van der Waals surface area contributed by atoms with Crippen molar-refractivity contribution in [1.82, 2.24) is 14.8 Å². The van der Waals surface area contributed by atoms with Gasteiger partial charge >= 0.3 is 0 Å². The summed E-state index contributed by atoms with van der Waals surface area (Å²) >= 11 is 6.33. The lowest BCUT2D eigenvalue weighted by Gasteiger charge is -2.34. The van der Waals surface area contributed by atoms with E-state index in [9.17, 15) is 4.79 Å². The van der Waals surface area contributed by atoms with Crippen molar-refractivity contribution in [3.05, 3.63) is 64.7 Å². The average Bonchev–Trinajstić information content (AvgIpc) is 3.23. The molecule has 1 amide bonds. The van der Waals surface area contributed by atoms with Gasteiger partial charge in [-0.2, -0.15) is 5.10 Å². The molecule has 0 unspecified atom stereocenters. The number of amides is 1. The number of halogens is 1. The van der Waals surface area contributed by atoms with Gasteiger partial charge in [0.1, 0.15) is 12.4 Å². The molecule has 2 heterocycles. The molecule has 6 nitrogen and oxygen atoms in total. The maximum absolute atomic E-state index is 13.7. The number of aromatic nitrogens is 3. The summed E-state index contributed by atoms with van der Waals surface area (Å²) in [5.41, 5.74) is 3.13. The van der Waals surface area contributed by atoms with E-state index in [2.05, 4.69) is 23.9 Å². The number of ether oxygens (including phenoxy) is 1. The normalized spacial score (nSPS) is 15.8. The van der Waals surface area contributed by atoms with Crippen molar-refractivity contribution in [3.63, 3.8) is 0 Å². The van der Waals surface area contributed by atoms with E-state index in [1.807, 2.05) is 44.2 Å². The Hall–Kier alpha value is -2.86. The Morgan fingerprint density at radius 2 is 2.10 bits per heavy atom. The van der Waals surface area contributed by atoms with Crippen LogP contribution in [-0.4, -0.2) is 33.3 Å². The fraction of sp³-hybridized carbons (Fsp3) is 0.348. The van der Waals surface area contributed by atoms with Crippen LogP contribution in [0.5, 0.6) is 5.75 Å². The second kappa shape index (κ2) is 8.11. The molecule has 1 aliphatic heterocycles. The van der Waals surface area contributed by atoms with Crippen LogP contribution in [0.2, 0.25) is 5.02 Å². The average molecular weight is 425 g/mol. The first-order valence-corrected chi connectivity index (χ1v) is 10.6. The molecule has 0 fully saturated rings. The summed E-state index contributed by atoms with van der Waals surface area (Å²) in [5.74, 6) is 1.49. The first-order chi connectivity index (χ1) is 14.4. The molecule has 0 radical (unpaired) electrons. The molecular weight excluding hydrogens is 400 g/mol. The summed E-state index contributed by atoms with van der Waals surface area (Å²) in [4.78, 5) is 19.8. The Kier molecular flexibility index (Phi) is 5.52. The third-order valence-electron chi connectivity index (χ3n) is 5.24. The van der Waals surface area contributed by atoms with Crippen LogP contribution in [0, 0.1) is 0 Å². The van der Waals surface area contributed by atoms with Crippen LogP contribution < -0.4 is 9.64 Å². The van der Waals surface area contributed by atoms with Gasteiger partial charge in [-0.3, -0.25) is 4.79 Å². The number of para-hydroxylation sites is 1. The number of rotatable bonds is 4. The van der Waals surface area contributed by atoms with E-state index < -0.39 is 0 Å². The van der Waals surface area contributed by atoms with E-state index >= 15 is 0 Å². The number of benzene rings is 2. The Bertz CT molecular complexity index is 1090. The van der Waals surface area contributed by atoms with Gasteiger partial charge in [0.25, 0.3) is 5.91 Å². The van der Waals surface area contributed by atoms with Crippen molar-refractivity contribution in [2.24, 2.45) is 0 Å². The maximum atomic E-state index is 13.7. The minimum atomic E-state index is -0.154. The van der Waals surface area contributed by atoms with Crippen molar-refractivity contribution in [1.29, 1.82) is 0 Å². The number of nitrogens with zero attached hydrogens (tertiary/aromatic N) is 4. The topological polar surface area (TPSA) is 60.2 Å². The predicted molar refractivity (Wildman–Crippen MR) is 118 cm³/mol. The second-order valence-electron chi connectivity index (χ2n) is 7.83. The van der Waals surface area contributed by atoms with Gasteiger partial charge in [-0.25, -0.2) is 9.67 Å². The van der Waals surface area contributed by atoms with E-state index in [1.165, 1.54) is 0 Å². The highest BCUT2D eigenvalue weighted by molar-refractivity contribution is 6.32. The Balaban J connectivity index is 1.76. The summed E-state index contributed by atoms with van der Waals surface area (Å²) in [7, 11) is 0.